The zero-order valence-electron chi connectivity index (χ0n) is 9.46. The van der Waals surface area contributed by atoms with Crippen LogP contribution in [0.4, 0.5) is 0 Å². The third-order valence-corrected chi connectivity index (χ3v) is 3.15. The molecule has 0 amide bonds. The lowest BCUT2D eigenvalue weighted by Gasteiger charge is -2.01. The van der Waals surface area contributed by atoms with Crippen LogP contribution >= 0.6 is 11.8 Å². The summed E-state index contributed by atoms with van der Waals surface area (Å²) < 4.78 is 0. The van der Waals surface area contributed by atoms with E-state index in [-0.39, 0.29) is 5.78 Å². The van der Waals surface area contributed by atoms with Crippen LogP contribution in [0.5, 0.6) is 0 Å². The maximum Gasteiger partial charge on any atom is 0.192 e. The molecule has 1 aromatic heterocycles. The van der Waals surface area contributed by atoms with Crippen LogP contribution in [0.3, 0.4) is 0 Å². The Morgan fingerprint density at radius 2 is 1.82 bits per heavy atom. The van der Waals surface area contributed by atoms with Crippen molar-refractivity contribution in [2.45, 2.75) is 23.4 Å². The molecule has 0 saturated carbocycles. The van der Waals surface area contributed by atoms with E-state index in [0.29, 0.717) is 11.6 Å². The smallest absolute Gasteiger partial charge is 0.192 e. The zero-order valence-corrected chi connectivity index (χ0v) is 10.3. The molecule has 0 aliphatic heterocycles. The molecule has 0 aliphatic carbocycles. The highest BCUT2D eigenvalue weighted by Crippen LogP contribution is 2.24. The molecule has 17 heavy (non-hydrogen) atoms. The molecule has 1 heterocycles. The Morgan fingerprint density at radius 3 is 2.41 bits per heavy atom. The van der Waals surface area contributed by atoms with Crippen LogP contribution in [-0.2, 0) is 0 Å². The molecule has 0 saturated heterocycles. The summed E-state index contributed by atoms with van der Waals surface area (Å²) in [5, 5.41) is 0.710. The molecule has 4 heteroatoms. The van der Waals surface area contributed by atoms with Crippen molar-refractivity contribution in [1.82, 2.24) is 9.97 Å². The lowest BCUT2D eigenvalue weighted by atomic mass is 10.1. The predicted molar refractivity (Wildman–Crippen MR) is 67.2 cm³/mol. The maximum absolute atomic E-state index is 11.5. The Hall–Kier alpha value is -1.68. The highest BCUT2D eigenvalue weighted by atomic mass is 32.2. The van der Waals surface area contributed by atoms with Gasteiger partial charge in [-0.25, -0.2) is 9.97 Å². The summed E-state index contributed by atoms with van der Waals surface area (Å²) in [5.74, 6) is 0.164. The average Bonchev–Trinajstić information content (AvgIpc) is 2.40. The molecule has 0 aliphatic rings. The quantitative estimate of drug-likeness (QED) is 0.611. The van der Waals surface area contributed by atoms with Gasteiger partial charge in [-0.15, -0.1) is 0 Å². The number of hydrogen-bond acceptors (Lipinski definition) is 4. The molecule has 1 aromatic carbocycles. The first-order valence-electron chi connectivity index (χ1n) is 5.37. The Kier molecular flexibility index (Phi) is 3.88. The molecule has 0 bridgehead atoms. The van der Waals surface area contributed by atoms with Crippen molar-refractivity contribution in [2.75, 3.05) is 0 Å². The van der Waals surface area contributed by atoms with Gasteiger partial charge in [-0.2, -0.15) is 0 Å². The van der Waals surface area contributed by atoms with Crippen molar-refractivity contribution in [1.29, 1.82) is 0 Å². The van der Waals surface area contributed by atoms with Crippen molar-refractivity contribution in [3.63, 3.8) is 0 Å². The van der Waals surface area contributed by atoms with Crippen LogP contribution in [0.15, 0.2) is 52.8 Å². The summed E-state index contributed by atoms with van der Waals surface area (Å²) in [4.78, 5) is 20.7. The number of Topliss-reactive ketones (excluding diaryl/α,β-unsaturated/α-hetero) is 1. The van der Waals surface area contributed by atoms with Gasteiger partial charge in [-0.1, -0.05) is 19.1 Å². The van der Waals surface area contributed by atoms with Gasteiger partial charge in [0.2, 0.25) is 0 Å². The lowest BCUT2D eigenvalue weighted by molar-refractivity contribution is 0.0988. The predicted octanol–water partition coefficient (Wildman–Crippen LogP) is 3.22. The summed E-state index contributed by atoms with van der Waals surface area (Å²) in [6.45, 7) is 1.86. The molecule has 0 atom stereocenters. The van der Waals surface area contributed by atoms with Gasteiger partial charge in [0.05, 0.1) is 0 Å². The SMILES string of the molecule is CCC(=O)c1ccc(Sc2ncccn2)cc1. The van der Waals surface area contributed by atoms with E-state index in [9.17, 15) is 4.79 Å². The van der Waals surface area contributed by atoms with Gasteiger partial charge in [0.1, 0.15) is 0 Å². The van der Waals surface area contributed by atoms with Gasteiger partial charge >= 0.3 is 0 Å². The minimum absolute atomic E-state index is 0.164. The Morgan fingerprint density at radius 1 is 1.18 bits per heavy atom. The average molecular weight is 244 g/mol. The topological polar surface area (TPSA) is 42.9 Å². The number of hydrogen-bond donors (Lipinski definition) is 0. The molecular weight excluding hydrogens is 232 g/mol. The summed E-state index contributed by atoms with van der Waals surface area (Å²) in [7, 11) is 0. The Bertz CT molecular complexity index is 497. The zero-order chi connectivity index (χ0) is 12.1. The van der Waals surface area contributed by atoms with Crippen LogP contribution in [0, 0.1) is 0 Å². The summed E-state index contributed by atoms with van der Waals surface area (Å²) in [6, 6.07) is 9.31. The van der Waals surface area contributed by atoms with Gasteiger partial charge in [0.15, 0.2) is 10.9 Å². The third kappa shape index (κ3) is 3.14. The second-order valence-electron chi connectivity index (χ2n) is 3.43. The van der Waals surface area contributed by atoms with Crippen molar-refractivity contribution in [3.05, 3.63) is 48.3 Å². The standard InChI is InChI=1S/C13H12N2OS/c1-2-12(16)10-4-6-11(7-5-10)17-13-14-8-3-9-15-13/h3-9H,2H2,1H3. The maximum atomic E-state index is 11.5. The van der Waals surface area contributed by atoms with E-state index in [4.69, 9.17) is 0 Å². The molecular formula is C13H12N2OS. The van der Waals surface area contributed by atoms with E-state index in [0.717, 1.165) is 10.5 Å². The van der Waals surface area contributed by atoms with E-state index >= 15 is 0 Å². The van der Waals surface area contributed by atoms with Gasteiger partial charge in [0.25, 0.3) is 0 Å². The van der Waals surface area contributed by atoms with E-state index < -0.39 is 0 Å². The largest absolute Gasteiger partial charge is 0.294 e. The minimum atomic E-state index is 0.164. The number of aromatic nitrogens is 2. The summed E-state index contributed by atoms with van der Waals surface area (Å²) in [6.07, 6.45) is 3.96. The van der Waals surface area contributed by atoms with Gasteiger partial charge in [-0.05, 0) is 30.0 Å². The molecule has 2 aromatic rings. The number of nitrogens with zero attached hydrogens (tertiary/aromatic N) is 2. The monoisotopic (exact) mass is 244 g/mol. The molecule has 0 radical (unpaired) electrons. The normalized spacial score (nSPS) is 10.2. The van der Waals surface area contributed by atoms with Crippen molar-refractivity contribution >= 4 is 17.5 Å². The van der Waals surface area contributed by atoms with E-state index in [1.54, 1.807) is 18.5 Å². The van der Waals surface area contributed by atoms with Crippen LogP contribution in [-0.4, -0.2) is 15.8 Å². The summed E-state index contributed by atoms with van der Waals surface area (Å²) in [5.41, 5.74) is 0.755. The second-order valence-corrected chi connectivity index (χ2v) is 4.48. The van der Waals surface area contributed by atoms with E-state index in [1.165, 1.54) is 11.8 Å². The molecule has 0 N–H and O–H groups in total. The number of rotatable bonds is 4. The lowest BCUT2D eigenvalue weighted by Crippen LogP contribution is -1.95. The number of carbonyl (C=O) groups excluding carboxylic acids is 1. The van der Waals surface area contributed by atoms with Crippen LogP contribution in [0.1, 0.15) is 23.7 Å². The number of carbonyl (C=O) groups is 1. The number of ketones is 1. The van der Waals surface area contributed by atoms with Crippen molar-refractivity contribution in [2.24, 2.45) is 0 Å². The van der Waals surface area contributed by atoms with Crippen molar-refractivity contribution in [3.8, 4) is 0 Å². The van der Waals surface area contributed by atoms with Gasteiger partial charge < -0.3 is 0 Å². The molecule has 86 valence electrons. The van der Waals surface area contributed by atoms with Crippen LogP contribution in [0.25, 0.3) is 0 Å². The number of benzene rings is 1. The Labute approximate surface area is 104 Å². The fourth-order valence-electron chi connectivity index (χ4n) is 1.36. The van der Waals surface area contributed by atoms with Crippen LogP contribution in [0.2, 0.25) is 0 Å². The van der Waals surface area contributed by atoms with E-state index in [1.807, 2.05) is 31.2 Å². The highest BCUT2D eigenvalue weighted by Gasteiger charge is 2.03. The highest BCUT2D eigenvalue weighted by molar-refractivity contribution is 7.99. The molecule has 0 unspecified atom stereocenters. The molecule has 3 nitrogen and oxygen atoms in total. The second kappa shape index (κ2) is 5.59. The first kappa shape index (κ1) is 11.8. The van der Waals surface area contributed by atoms with Gasteiger partial charge in [0, 0.05) is 29.3 Å². The van der Waals surface area contributed by atoms with Gasteiger partial charge in [-0.3, -0.25) is 4.79 Å². The molecule has 0 spiro atoms. The Balaban J connectivity index is 2.11. The van der Waals surface area contributed by atoms with Crippen molar-refractivity contribution < 1.29 is 4.79 Å². The third-order valence-electron chi connectivity index (χ3n) is 2.25. The fourth-order valence-corrected chi connectivity index (χ4v) is 2.07. The minimum Gasteiger partial charge on any atom is -0.294 e. The first-order valence-corrected chi connectivity index (χ1v) is 6.19. The van der Waals surface area contributed by atoms with Crippen LogP contribution < -0.4 is 0 Å². The summed E-state index contributed by atoms with van der Waals surface area (Å²) >= 11 is 1.48. The van der Waals surface area contributed by atoms with E-state index in [2.05, 4.69) is 9.97 Å². The molecule has 2 rings (SSSR count). The first-order chi connectivity index (χ1) is 8.29. The fraction of sp³-hybridized carbons (Fsp3) is 0.154. The molecule has 0 fully saturated rings.